The molecule has 1 aromatic rings. The zero-order chi connectivity index (χ0) is 18.5. The largest absolute Gasteiger partial charge is 0.492 e. The third-order valence-electron chi connectivity index (χ3n) is 3.30. The number of aryl methyl sites for hydroxylation is 1. The molecule has 1 rings (SSSR count). The molecule has 0 heterocycles. The van der Waals surface area contributed by atoms with Crippen LogP contribution in [0.1, 0.15) is 50.7 Å². The first kappa shape index (κ1) is 21.9. The molecule has 1 aromatic carbocycles. The van der Waals surface area contributed by atoms with Crippen LogP contribution >= 0.6 is 0 Å². The lowest BCUT2D eigenvalue weighted by Crippen LogP contribution is -2.21. The molecule has 0 aliphatic heterocycles. The van der Waals surface area contributed by atoms with Gasteiger partial charge in [-0.2, -0.15) is 0 Å². The van der Waals surface area contributed by atoms with Crippen molar-refractivity contribution in [1.29, 1.82) is 0 Å². The third kappa shape index (κ3) is 9.84. The van der Waals surface area contributed by atoms with E-state index in [0.29, 0.717) is 5.92 Å². The van der Waals surface area contributed by atoms with E-state index in [0.717, 1.165) is 25.4 Å². The van der Waals surface area contributed by atoms with E-state index in [4.69, 9.17) is 24.5 Å². The van der Waals surface area contributed by atoms with Crippen LogP contribution in [0.15, 0.2) is 18.2 Å². The Morgan fingerprint density at radius 1 is 1.17 bits per heavy atom. The van der Waals surface area contributed by atoms with E-state index in [1.165, 1.54) is 24.0 Å². The molecule has 6 nitrogen and oxygen atoms in total. The van der Waals surface area contributed by atoms with Crippen molar-refractivity contribution in [3.8, 4) is 5.75 Å². The minimum absolute atomic E-state index is 0.578. The van der Waals surface area contributed by atoms with Crippen LogP contribution in [0.5, 0.6) is 5.75 Å². The highest BCUT2D eigenvalue weighted by molar-refractivity contribution is 6.27. The first-order valence-electron chi connectivity index (χ1n) is 8.19. The fourth-order valence-electron chi connectivity index (χ4n) is 2.05. The minimum Gasteiger partial charge on any atom is -0.492 e. The van der Waals surface area contributed by atoms with Crippen LogP contribution in [0.4, 0.5) is 0 Å². The summed E-state index contributed by atoms with van der Waals surface area (Å²) in [4.78, 5) is 18.2. The predicted molar refractivity (Wildman–Crippen MR) is 93.8 cm³/mol. The SMILES string of the molecule is CCCCNCCOc1ccc(C(C)C)c(C)c1.O=C(O)C(=O)O. The summed E-state index contributed by atoms with van der Waals surface area (Å²) in [6.07, 6.45) is 2.48. The van der Waals surface area contributed by atoms with E-state index < -0.39 is 11.9 Å². The normalized spacial score (nSPS) is 10.0. The smallest absolute Gasteiger partial charge is 0.414 e. The Bertz CT molecular complexity index is 502. The number of rotatable bonds is 8. The van der Waals surface area contributed by atoms with Gasteiger partial charge in [0.15, 0.2) is 0 Å². The monoisotopic (exact) mass is 339 g/mol. The zero-order valence-electron chi connectivity index (χ0n) is 15.0. The molecular weight excluding hydrogens is 310 g/mol. The maximum Gasteiger partial charge on any atom is 0.414 e. The minimum atomic E-state index is -1.82. The highest BCUT2D eigenvalue weighted by Crippen LogP contribution is 2.23. The summed E-state index contributed by atoms with van der Waals surface area (Å²) in [7, 11) is 0. The molecule has 6 heteroatoms. The van der Waals surface area contributed by atoms with E-state index >= 15 is 0 Å². The Kier molecular flexibility index (Phi) is 11.3. The van der Waals surface area contributed by atoms with Gasteiger partial charge in [0.25, 0.3) is 0 Å². The van der Waals surface area contributed by atoms with E-state index in [1.54, 1.807) is 0 Å². The zero-order valence-corrected chi connectivity index (χ0v) is 15.0. The summed E-state index contributed by atoms with van der Waals surface area (Å²) in [5.41, 5.74) is 2.73. The van der Waals surface area contributed by atoms with Crippen LogP contribution in [-0.4, -0.2) is 41.8 Å². The molecule has 0 bridgehead atoms. The van der Waals surface area contributed by atoms with Gasteiger partial charge in [-0.15, -0.1) is 0 Å². The first-order chi connectivity index (χ1) is 11.3. The Labute approximate surface area is 143 Å². The lowest BCUT2D eigenvalue weighted by atomic mass is 9.98. The third-order valence-corrected chi connectivity index (χ3v) is 3.30. The Hall–Kier alpha value is -2.08. The van der Waals surface area contributed by atoms with Gasteiger partial charge >= 0.3 is 11.9 Å². The topological polar surface area (TPSA) is 95.9 Å². The number of ether oxygens (including phenoxy) is 1. The van der Waals surface area contributed by atoms with Crippen molar-refractivity contribution in [3.63, 3.8) is 0 Å². The standard InChI is InChI=1S/C16H27NO.C2H2O4/c1-5-6-9-17-10-11-18-15-7-8-16(13(2)3)14(4)12-15;3-1(4)2(5)6/h7-8,12-13,17H,5-6,9-11H2,1-4H3;(H,3,4)(H,5,6). The molecule has 0 aliphatic carbocycles. The van der Waals surface area contributed by atoms with Crippen LogP contribution in [0.25, 0.3) is 0 Å². The molecule has 0 radical (unpaired) electrons. The van der Waals surface area contributed by atoms with Crippen molar-refractivity contribution >= 4 is 11.9 Å². The van der Waals surface area contributed by atoms with E-state index in [-0.39, 0.29) is 0 Å². The average Bonchev–Trinajstić information content (AvgIpc) is 2.51. The van der Waals surface area contributed by atoms with Gasteiger partial charge in [-0.25, -0.2) is 9.59 Å². The fourth-order valence-corrected chi connectivity index (χ4v) is 2.05. The number of aliphatic carboxylic acids is 2. The Morgan fingerprint density at radius 2 is 1.79 bits per heavy atom. The van der Waals surface area contributed by atoms with Gasteiger partial charge in [-0.1, -0.05) is 33.3 Å². The summed E-state index contributed by atoms with van der Waals surface area (Å²) in [5.74, 6) is -2.09. The summed E-state index contributed by atoms with van der Waals surface area (Å²) in [5, 5.41) is 18.2. The van der Waals surface area contributed by atoms with Crippen molar-refractivity contribution in [1.82, 2.24) is 5.32 Å². The van der Waals surface area contributed by atoms with Gasteiger partial charge in [0.2, 0.25) is 0 Å². The van der Waals surface area contributed by atoms with Crippen LogP contribution < -0.4 is 10.1 Å². The Balaban J connectivity index is 0.000000754. The second-order valence-corrected chi connectivity index (χ2v) is 5.74. The van der Waals surface area contributed by atoms with Crippen molar-refractivity contribution in [2.75, 3.05) is 19.7 Å². The highest BCUT2D eigenvalue weighted by Gasteiger charge is 2.04. The molecule has 3 N–H and O–H groups in total. The van der Waals surface area contributed by atoms with E-state index in [1.807, 2.05) is 0 Å². The lowest BCUT2D eigenvalue weighted by Gasteiger charge is -2.12. The number of carboxylic acids is 2. The van der Waals surface area contributed by atoms with Gasteiger partial charge in [0.05, 0.1) is 0 Å². The van der Waals surface area contributed by atoms with Crippen molar-refractivity contribution in [2.24, 2.45) is 0 Å². The fraction of sp³-hybridized carbons (Fsp3) is 0.556. The van der Waals surface area contributed by atoms with Crippen LogP contribution in [0.3, 0.4) is 0 Å². The number of unbranched alkanes of at least 4 members (excludes halogenated alkanes) is 1. The molecule has 0 saturated heterocycles. The lowest BCUT2D eigenvalue weighted by molar-refractivity contribution is -0.159. The Morgan fingerprint density at radius 3 is 2.25 bits per heavy atom. The number of hydrogen-bond acceptors (Lipinski definition) is 4. The molecule has 136 valence electrons. The molecule has 24 heavy (non-hydrogen) atoms. The summed E-state index contributed by atoms with van der Waals surface area (Å²) in [6, 6.07) is 6.40. The molecule has 0 amide bonds. The van der Waals surface area contributed by atoms with Gasteiger partial charge in [-0.3, -0.25) is 0 Å². The van der Waals surface area contributed by atoms with Crippen molar-refractivity contribution < 1.29 is 24.5 Å². The predicted octanol–water partition coefficient (Wildman–Crippen LogP) is 3.04. The summed E-state index contributed by atoms with van der Waals surface area (Å²) < 4.78 is 5.74. The molecule has 0 fully saturated rings. The van der Waals surface area contributed by atoms with E-state index in [2.05, 4.69) is 51.2 Å². The van der Waals surface area contributed by atoms with Gasteiger partial charge in [-0.05, 0) is 49.1 Å². The van der Waals surface area contributed by atoms with Crippen LogP contribution in [-0.2, 0) is 9.59 Å². The number of carbonyl (C=O) groups is 2. The maximum atomic E-state index is 9.10. The molecule has 0 aromatic heterocycles. The molecular formula is C18H29NO5. The molecule has 0 aliphatic rings. The molecule has 0 saturated carbocycles. The molecule has 0 spiro atoms. The second-order valence-electron chi connectivity index (χ2n) is 5.74. The summed E-state index contributed by atoms with van der Waals surface area (Å²) in [6.45, 7) is 11.6. The number of benzene rings is 1. The van der Waals surface area contributed by atoms with Crippen LogP contribution in [0.2, 0.25) is 0 Å². The maximum absolute atomic E-state index is 9.10. The molecule has 0 unspecified atom stereocenters. The second kappa shape index (κ2) is 12.4. The number of nitrogens with one attached hydrogen (secondary N) is 1. The highest BCUT2D eigenvalue weighted by atomic mass is 16.5. The number of hydrogen-bond donors (Lipinski definition) is 3. The van der Waals surface area contributed by atoms with Crippen LogP contribution in [0, 0.1) is 6.92 Å². The van der Waals surface area contributed by atoms with Crippen molar-refractivity contribution in [2.45, 2.75) is 46.5 Å². The van der Waals surface area contributed by atoms with E-state index in [9.17, 15) is 0 Å². The van der Waals surface area contributed by atoms with Gasteiger partial charge in [0, 0.05) is 6.54 Å². The quantitative estimate of drug-likeness (QED) is 0.498. The summed E-state index contributed by atoms with van der Waals surface area (Å²) >= 11 is 0. The van der Waals surface area contributed by atoms with Crippen molar-refractivity contribution in [3.05, 3.63) is 29.3 Å². The average molecular weight is 339 g/mol. The number of carboxylic acid groups (broad SMARTS) is 2. The molecule has 0 atom stereocenters. The first-order valence-corrected chi connectivity index (χ1v) is 8.19. The van der Waals surface area contributed by atoms with Gasteiger partial charge in [0.1, 0.15) is 12.4 Å². The van der Waals surface area contributed by atoms with Gasteiger partial charge < -0.3 is 20.3 Å².